The van der Waals surface area contributed by atoms with Crippen LogP contribution in [0.3, 0.4) is 0 Å². The Labute approximate surface area is 208 Å². The van der Waals surface area contributed by atoms with E-state index in [-0.39, 0.29) is 23.6 Å². The van der Waals surface area contributed by atoms with Gasteiger partial charge in [-0.15, -0.1) is 0 Å². The van der Waals surface area contributed by atoms with Crippen LogP contribution in [0.15, 0.2) is 51.9 Å². The number of hydrogen-bond donors (Lipinski definition) is 1. The van der Waals surface area contributed by atoms with Gasteiger partial charge in [-0.1, -0.05) is 35.0 Å². The van der Waals surface area contributed by atoms with Gasteiger partial charge in [0.25, 0.3) is 11.5 Å². The van der Waals surface area contributed by atoms with Gasteiger partial charge in [-0.05, 0) is 65.4 Å². The standard InChI is InChI=1S/C26H30ClN5O3/c1-16-21-23(29-35-16)22-19(27)9-8-10-20(22)32(24(21)33)18-12-11-17(15-18)28-25(34)26(2,30(3)4)31-13-6-5-7-14-31/h5-10,13,17-18H,11-12,14-15H2,1-4H3,(H,28,34). The van der Waals surface area contributed by atoms with Gasteiger partial charge in [-0.2, -0.15) is 0 Å². The van der Waals surface area contributed by atoms with Crippen LogP contribution in [0.25, 0.3) is 21.8 Å². The minimum Gasteiger partial charge on any atom is -0.360 e. The van der Waals surface area contributed by atoms with Crippen LogP contribution in [0.2, 0.25) is 5.02 Å². The Hall–Kier alpha value is -3.10. The van der Waals surface area contributed by atoms with Gasteiger partial charge in [0.2, 0.25) is 0 Å². The number of aryl methyl sites for hydroxylation is 1. The van der Waals surface area contributed by atoms with Gasteiger partial charge in [0.1, 0.15) is 16.7 Å². The molecule has 1 N–H and O–H groups in total. The third kappa shape index (κ3) is 3.76. The molecule has 184 valence electrons. The number of rotatable bonds is 5. The van der Waals surface area contributed by atoms with Crippen LogP contribution in [0, 0.1) is 6.92 Å². The van der Waals surface area contributed by atoms with Crippen molar-refractivity contribution in [2.45, 2.75) is 50.9 Å². The lowest BCUT2D eigenvalue weighted by Gasteiger charge is -2.44. The van der Waals surface area contributed by atoms with Crippen molar-refractivity contribution in [3.05, 3.63) is 63.8 Å². The summed E-state index contributed by atoms with van der Waals surface area (Å²) in [6.07, 6.45) is 10.1. The number of nitrogens with one attached hydrogen (secondary N) is 1. The maximum atomic E-state index is 13.6. The first-order valence-electron chi connectivity index (χ1n) is 11.9. The Morgan fingerprint density at radius 2 is 2.06 bits per heavy atom. The molecule has 8 nitrogen and oxygen atoms in total. The monoisotopic (exact) mass is 495 g/mol. The number of nitrogens with zero attached hydrogens (tertiary/aromatic N) is 4. The average molecular weight is 496 g/mol. The van der Waals surface area contributed by atoms with Gasteiger partial charge >= 0.3 is 0 Å². The van der Waals surface area contributed by atoms with Crippen LogP contribution in [0.5, 0.6) is 0 Å². The zero-order valence-electron chi connectivity index (χ0n) is 20.4. The highest BCUT2D eigenvalue weighted by atomic mass is 35.5. The van der Waals surface area contributed by atoms with Crippen molar-refractivity contribution < 1.29 is 9.32 Å². The summed E-state index contributed by atoms with van der Waals surface area (Å²) in [5.74, 6) is 0.424. The van der Waals surface area contributed by atoms with Gasteiger partial charge in [0.15, 0.2) is 5.66 Å². The Bertz CT molecular complexity index is 1420. The third-order valence-corrected chi connectivity index (χ3v) is 7.88. The molecular formula is C26H30ClN5O3. The van der Waals surface area contributed by atoms with Crippen LogP contribution in [-0.2, 0) is 4.79 Å². The van der Waals surface area contributed by atoms with E-state index in [9.17, 15) is 9.59 Å². The molecule has 1 aromatic carbocycles. The average Bonchev–Trinajstić information content (AvgIpc) is 3.46. The topological polar surface area (TPSA) is 83.6 Å². The summed E-state index contributed by atoms with van der Waals surface area (Å²) in [7, 11) is 3.82. The van der Waals surface area contributed by atoms with Crippen molar-refractivity contribution in [2.24, 2.45) is 0 Å². The number of likely N-dealkylation sites (N-methyl/N-ethyl adjacent to an activating group) is 1. The molecule has 1 saturated carbocycles. The molecule has 0 radical (unpaired) electrons. The van der Waals surface area contributed by atoms with Crippen molar-refractivity contribution in [3.63, 3.8) is 0 Å². The number of halogens is 1. The van der Waals surface area contributed by atoms with Crippen molar-refractivity contribution >= 4 is 39.3 Å². The number of benzene rings is 1. The fourth-order valence-electron chi connectivity index (χ4n) is 5.36. The molecule has 2 aliphatic rings. The molecule has 9 heteroatoms. The smallest absolute Gasteiger partial charge is 0.264 e. The quantitative estimate of drug-likeness (QED) is 0.576. The molecular weight excluding hydrogens is 466 g/mol. The molecule has 2 aromatic heterocycles. The van der Waals surface area contributed by atoms with Crippen LogP contribution in [0.1, 0.15) is 38.0 Å². The first-order chi connectivity index (χ1) is 16.7. The number of carbonyl (C=O) groups excluding carboxylic acids is 1. The summed E-state index contributed by atoms with van der Waals surface area (Å²) >= 11 is 6.55. The fraction of sp³-hybridized carbons (Fsp3) is 0.423. The van der Waals surface area contributed by atoms with Gasteiger partial charge in [-0.25, -0.2) is 0 Å². The minimum absolute atomic E-state index is 0.0449. The molecule has 1 amide bonds. The van der Waals surface area contributed by atoms with Crippen molar-refractivity contribution in [1.29, 1.82) is 0 Å². The lowest BCUT2D eigenvalue weighted by atomic mass is 10.1. The Morgan fingerprint density at radius 1 is 1.26 bits per heavy atom. The molecule has 0 spiro atoms. The summed E-state index contributed by atoms with van der Waals surface area (Å²) in [6.45, 7) is 4.33. The molecule has 5 rings (SSSR count). The fourth-order valence-corrected chi connectivity index (χ4v) is 5.62. The summed E-state index contributed by atoms with van der Waals surface area (Å²) < 4.78 is 7.19. The lowest BCUT2D eigenvalue weighted by molar-refractivity contribution is -0.141. The van der Waals surface area contributed by atoms with E-state index in [2.05, 4.69) is 10.5 Å². The molecule has 3 aromatic rings. The van der Waals surface area contributed by atoms with E-state index in [4.69, 9.17) is 16.1 Å². The van der Waals surface area contributed by atoms with E-state index in [0.717, 1.165) is 23.7 Å². The summed E-state index contributed by atoms with van der Waals surface area (Å²) in [4.78, 5) is 31.1. The SMILES string of the molecule is Cc1onc2c1c(=O)n(C1CCC(NC(=O)C(C)(N(C)C)N3C=CC=CC3)C1)c1cccc(Cl)c21. The molecule has 3 atom stereocenters. The molecule has 1 fully saturated rings. The molecule has 3 unspecified atom stereocenters. The van der Waals surface area contributed by atoms with Gasteiger partial charge in [0, 0.05) is 30.2 Å². The van der Waals surface area contributed by atoms with Crippen molar-refractivity contribution in [1.82, 2.24) is 24.8 Å². The highest BCUT2D eigenvalue weighted by Crippen LogP contribution is 2.36. The maximum absolute atomic E-state index is 13.6. The van der Waals surface area contributed by atoms with E-state index in [1.54, 1.807) is 13.0 Å². The summed E-state index contributed by atoms with van der Waals surface area (Å²) in [5.41, 5.74) is 0.268. The first kappa shape index (κ1) is 23.6. The predicted molar refractivity (Wildman–Crippen MR) is 137 cm³/mol. The summed E-state index contributed by atoms with van der Waals surface area (Å²) in [5, 5.41) is 9.11. The zero-order valence-corrected chi connectivity index (χ0v) is 21.2. The second-order valence-corrected chi connectivity index (χ2v) is 10.2. The second kappa shape index (κ2) is 8.84. The first-order valence-corrected chi connectivity index (χ1v) is 12.3. The van der Waals surface area contributed by atoms with Gasteiger partial charge in [-0.3, -0.25) is 14.5 Å². The van der Waals surface area contributed by atoms with E-state index in [1.165, 1.54) is 0 Å². The van der Waals surface area contributed by atoms with Gasteiger partial charge in [0.05, 0.1) is 10.5 Å². The van der Waals surface area contributed by atoms with Crippen LogP contribution in [0.4, 0.5) is 0 Å². The van der Waals surface area contributed by atoms with E-state index < -0.39 is 5.66 Å². The van der Waals surface area contributed by atoms with E-state index in [0.29, 0.717) is 34.7 Å². The van der Waals surface area contributed by atoms with Crippen molar-refractivity contribution in [3.8, 4) is 0 Å². The Balaban J connectivity index is 1.46. The Kier molecular flexibility index (Phi) is 5.97. The van der Waals surface area contributed by atoms with E-state index >= 15 is 0 Å². The molecule has 0 bridgehead atoms. The van der Waals surface area contributed by atoms with Gasteiger partial charge < -0.3 is 19.3 Å². The minimum atomic E-state index is -0.838. The molecule has 1 aliphatic heterocycles. The van der Waals surface area contributed by atoms with E-state index in [1.807, 2.05) is 71.9 Å². The van der Waals surface area contributed by atoms with Crippen molar-refractivity contribution in [2.75, 3.05) is 20.6 Å². The Morgan fingerprint density at radius 3 is 2.77 bits per heavy atom. The second-order valence-electron chi connectivity index (χ2n) is 9.75. The number of fused-ring (bicyclic) bond motifs is 3. The van der Waals surface area contributed by atoms with Crippen LogP contribution >= 0.6 is 11.6 Å². The molecule has 35 heavy (non-hydrogen) atoms. The normalized spacial score (nSPS) is 21.8. The highest BCUT2D eigenvalue weighted by Gasteiger charge is 2.42. The van der Waals surface area contributed by atoms with Crippen LogP contribution < -0.4 is 10.9 Å². The molecule has 3 heterocycles. The number of hydrogen-bond acceptors (Lipinski definition) is 6. The molecule has 1 aliphatic carbocycles. The third-order valence-electron chi connectivity index (χ3n) is 7.56. The zero-order chi connectivity index (χ0) is 24.9. The summed E-state index contributed by atoms with van der Waals surface area (Å²) in [6, 6.07) is 5.42. The predicted octanol–water partition coefficient (Wildman–Crippen LogP) is 3.98. The highest BCUT2D eigenvalue weighted by molar-refractivity contribution is 6.37. The lowest BCUT2D eigenvalue weighted by Crippen LogP contribution is -2.64. The number of pyridine rings is 1. The number of carbonyl (C=O) groups is 1. The number of allylic oxidation sites excluding steroid dienone is 2. The number of aromatic nitrogens is 2. The number of amides is 1. The molecule has 0 saturated heterocycles. The van der Waals surface area contributed by atoms with Crippen LogP contribution in [-0.4, -0.2) is 57.8 Å². The maximum Gasteiger partial charge on any atom is 0.264 e. The largest absolute Gasteiger partial charge is 0.360 e.